The number of rotatable bonds is 8. The van der Waals surface area contributed by atoms with E-state index in [0.29, 0.717) is 25.0 Å². The van der Waals surface area contributed by atoms with Gasteiger partial charge >= 0.3 is 0 Å². The van der Waals surface area contributed by atoms with Crippen LogP contribution in [0.25, 0.3) is 10.9 Å². The molecule has 2 aromatic heterocycles. The third kappa shape index (κ3) is 4.80. The van der Waals surface area contributed by atoms with Crippen LogP contribution in [0.3, 0.4) is 0 Å². The van der Waals surface area contributed by atoms with Crippen molar-refractivity contribution in [2.75, 3.05) is 5.32 Å². The van der Waals surface area contributed by atoms with Gasteiger partial charge in [0.25, 0.3) is 0 Å². The highest BCUT2D eigenvalue weighted by Crippen LogP contribution is 2.32. The lowest BCUT2D eigenvalue weighted by Crippen LogP contribution is -2.04. The Kier molecular flexibility index (Phi) is 5.89. The number of nitrogens with one attached hydrogen (secondary N) is 1. The van der Waals surface area contributed by atoms with Crippen molar-refractivity contribution in [3.8, 4) is 11.8 Å². The van der Waals surface area contributed by atoms with Gasteiger partial charge in [-0.05, 0) is 29.3 Å². The first-order chi connectivity index (χ1) is 16.3. The zero-order valence-electron chi connectivity index (χ0n) is 18.3. The highest BCUT2D eigenvalue weighted by Gasteiger charge is 2.14. The highest BCUT2D eigenvalue weighted by molar-refractivity contribution is 5.92. The van der Waals surface area contributed by atoms with Gasteiger partial charge in [0.05, 0.1) is 5.52 Å². The summed E-state index contributed by atoms with van der Waals surface area (Å²) in [5.74, 6) is 1.70. The van der Waals surface area contributed by atoms with Crippen LogP contribution in [0.2, 0.25) is 0 Å². The van der Waals surface area contributed by atoms with E-state index in [1.54, 1.807) is 0 Å². The summed E-state index contributed by atoms with van der Waals surface area (Å²) in [6.07, 6.45) is 0. The molecule has 33 heavy (non-hydrogen) atoms. The Morgan fingerprint density at radius 2 is 1.36 bits per heavy atom. The number of ether oxygens (including phenoxy) is 2. The number of aromatic nitrogens is 3. The van der Waals surface area contributed by atoms with Gasteiger partial charge in [0, 0.05) is 18.5 Å². The summed E-state index contributed by atoms with van der Waals surface area (Å²) in [5, 5.41) is 9.06. The molecule has 0 saturated heterocycles. The number of anilines is 2. The van der Waals surface area contributed by atoms with E-state index in [-0.39, 0.29) is 0 Å². The van der Waals surface area contributed by atoms with Gasteiger partial charge in [-0.15, -0.1) is 0 Å². The van der Waals surface area contributed by atoms with E-state index >= 15 is 0 Å². The summed E-state index contributed by atoms with van der Waals surface area (Å²) >= 11 is 0. The van der Waals surface area contributed by atoms with Gasteiger partial charge in [0.2, 0.25) is 11.8 Å². The first kappa shape index (κ1) is 20.6. The molecule has 6 heteroatoms. The lowest BCUT2D eigenvalue weighted by atomic mass is 10.2. The zero-order valence-corrected chi connectivity index (χ0v) is 18.3. The average Bonchev–Trinajstić information content (AvgIpc) is 3.19. The third-order valence-corrected chi connectivity index (χ3v) is 5.29. The van der Waals surface area contributed by atoms with Crippen LogP contribution in [0, 0.1) is 0 Å². The van der Waals surface area contributed by atoms with Crippen LogP contribution in [0.15, 0.2) is 97.1 Å². The summed E-state index contributed by atoms with van der Waals surface area (Å²) in [5.41, 5.74) is 3.90. The maximum Gasteiger partial charge on any atom is 0.241 e. The Bertz CT molecular complexity index is 1350. The lowest BCUT2D eigenvalue weighted by Gasteiger charge is -2.13. The normalized spacial score (nSPS) is 10.8. The van der Waals surface area contributed by atoms with E-state index in [1.807, 2.05) is 109 Å². The summed E-state index contributed by atoms with van der Waals surface area (Å²) in [4.78, 5) is 4.64. The Balaban J connectivity index is 1.42. The van der Waals surface area contributed by atoms with Crippen LogP contribution in [0.1, 0.15) is 11.1 Å². The van der Waals surface area contributed by atoms with Gasteiger partial charge in [-0.25, -0.2) is 0 Å². The van der Waals surface area contributed by atoms with Crippen LogP contribution in [-0.2, 0) is 20.3 Å². The van der Waals surface area contributed by atoms with Crippen molar-refractivity contribution in [2.24, 2.45) is 7.05 Å². The molecule has 5 aromatic rings. The quantitative estimate of drug-likeness (QED) is 0.330. The highest BCUT2D eigenvalue weighted by atomic mass is 16.5. The van der Waals surface area contributed by atoms with E-state index in [4.69, 9.17) is 9.47 Å². The smallest absolute Gasteiger partial charge is 0.241 e. The van der Waals surface area contributed by atoms with Crippen LogP contribution >= 0.6 is 0 Å². The number of hydrogen-bond acceptors (Lipinski definition) is 5. The van der Waals surface area contributed by atoms with Crippen molar-refractivity contribution < 1.29 is 9.47 Å². The second-order valence-corrected chi connectivity index (χ2v) is 7.67. The molecular weight excluding hydrogens is 412 g/mol. The van der Waals surface area contributed by atoms with Crippen molar-refractivity contribution in [2.45, 2.75) is 13.2 Å². The molecule has 6 nitrogen and oxygen atoms in total. The number of fused-ring (bicyclic) bond motifs is 1. The molecule has 5 rings (SSSR count). The average molecular weight is 437 g/mol. The summed E-state index contributed by atoms with van der Waals surface area (Å²) in [7, 11) is 1.93. The van der Waals surface area contributed by atoms with Gasteiger partial charge < -0.3 is 14.8 Å². The summed E-state index contributed by atoms with van der Waals surface area (Å²) in [6.45, 7) is 0.831. The Hall–Kier alpha value is -4.32. The summed E-state index contributed by atoms with van der Waals surface area (Å²) < 4.78 is 13.9. The molecule has 164 valence electrons. The maximum absolute atomic E-state index is 6.12. The fraction of sp³-hybridized carbons (Fsp3) is 0.111. The molecule has 0 fully saturated rings. The van der Waals surface area contributed by atoms with Crippen LogP contribution in [0.4, 0.5) is 11.5 Å². The number of aryl methyl sites for hydroxylation is 1. The topological polar surface area (TPSA) is 61.2 Å². The standard InChI is InChI=1S/C27H24N4O2/c1-31-24-15-9-8-14-22(24)26(30-31)28-23-16-17-25(32-18-20-10-4-2-5-11-20)29-27(23)33-19-21-12-6-3-7-13-21/h2-17H,18-19H2,1H3,(H,28,30). The second-order valence-electron chi connectivity index (χ2n) is 7.67. The minimum atomic E-state index is 0.396. The second kappa shape index (κ2) is 9.44. The molecule has 0 radical (unpaired) electrons. The molecule has 0 aliphatic rings. The minimum Gasteiger partial charge on any atom is -0.473 e. The molecule has 0 unspecified atom stereocenters. The number of para-hydroxylation sites is 1. The van der Waals surface area contributed by atoms with E-state index in [9.17, 15) is 0 Å². The van der Waals surface area contributed by atoms with Gasteiger partial charge in [-0.1, -0.05) is 72.8 Å². The van der Waals surface area contributed by atoms with Gasteiger partial charge in [0.1, 0.15) is 18.9 Å². The van der Waals surface area contributed by atoms with E-state index in [2.05, 4.69) is 15.4 Å². The summed E-state index contributed by atoms with van der Waals surface area (Å²) in [6, 6.07) is 31.9. The van der Waals surface area contributed by atoms with Crippen molar-refractivity contribution in [1.29, 1.82) is 0 Å². The molecule has 0 aliphatic heterocycles. The number of hydrogen-bond donors (Lipinski definition) is 1. The van der Waals surface area contributed by atoms with Crippen molar-refractivity contribution in [3.05, 3.63) is 108 Å². The Morgan fingerprint density at radius 3 is 2.09 bits per heavy atom. The third-order valence-electron chi connectivity index (χ3n) is 5.29. The molecule has 0 saturated carbocycles. The minimum absolute atomic E-state index is 0.396. The van der Waals surface area contributed by atoms with E-state index < -0.39 is 0 Å². The maximum atomic E-state index is 6.12. The first-order valence-corrected chi connectivity index (χ1v) is 10.8. The number of nitrogens with zero attached hydrogens (tertiary/aromatic N) is 3. The monoisotopic (exact) mass is 436 g/mol. The van der Waals surface area contributed by atoms with Gasteiger partial charge in [0.15, 0.2) is 5.82 Å². The fourth-order valence-electron chi connectivity index (χ4n) is 3.60. The predicted octanol–water partition coefficient (Wildman–Crippen LogP) is 5.87. The van der Waals surface area contributed by atoms with E-state index in [1.165, 1.54) is 0 Å². The lowest BCUT2D eigenvalue weighted by molar-refractivity contribution is 0.269. The van der Waals surface area contributed by atoms with Gasteiger partial charge in [-0.2, -0.15) is 10.1 Å². The number of pyridine rings is 1. The SMILES string of the molecule is Cn1nc(Nc2ccc(OCc3ccccc3)nc2OCc2ccccc2)c2ccccc21. The largest absolute Gasteiger partial charge is 0.473 e. The zero-order chi connectivity index (χ0) is 22.5. The molecule has 0 aliphatic carbocycles. The molecule has 0 spiro atoms. The molecular formula is C27H24N4O2. The Labute approximate surface area is 192 Å². The van der Waals surface area contributed by atoms with Gasteiger partial charge in [-0.3, -0.25) is 4.68 Å². The predicted molar refractivity (Wildman–Crippen MR) is 130 cm³/mol. The fourth-order valence-corrected chi connectivity index (χ4v) is 3.60. The molecule has 1 N–H and O–H groups in total. The van der Waals surface area contributed by atoms with Crippen molar-refractivity contribution in [1.82, 2.24) is 14.8 Å². The number of benzene rings is 3. The van der Waals surface area contributed by atoms with E-state index in [0.717, 1.165) is 33.5 Å². The van der Waals surface area contributed by atoms with Crippen molar-refractivity contribution >= 4 is 22.4 Å². The molecule has 0 amide bonds. The Morgan fingerprint density at radius 1 is 0.727 bits per heavy atom. The molecule has 2 heterocycles. The molecule has 3 aromatic carbocycles. The van der Waals surface area contributed by atoms with Crippen LogP contribution < -0.4 is 14.8 Å². The van der Waals surface area contributed by atoms with Crippen LogP contribution in [-0.4, -0.2) is 14.8 Å². The first-order valence-electron chi connectivity index (χ1n) is 10.8. The molecule has 0 atom stereocenters. The molecule has 0 bridgehead atoms. The van der Waals surface area contributed by atoms with Crippen LogP contribution in [0.5, 0.6) is 11.8 Å². The van der Waals surface area contributed by atoms with Crippen molar-refractivity contribution in [3.63, 3.8) is 0 Å².